The number of pyridine rings is 1. The van der Waals surface area contributed by atoms with E-state index >= 15 is 0 Å². The summed E-state index contributed by atoms with van der Waals surface area (Å²) in [5.74, 6) is 0.972. The molecule has 0 atom stereocenters. The molecule has 0 aliphatic carbocycles. The molecule has 106 valence electrons. The van der Waals surface area contributed by atoms with Gasteiger partial charge in [-0.3, -0.25) is 9.78 Å². The van der Waals surface area contributed by atoms with Gasteiger partial charge in [0.25, 0.3) is 0 Å². The maximum absolute atomic E-state index is 12.1. The summed E-state index contributed by atoms with van der Waals surface area (Å²) in [5.41, 5.74) is 1.87. The van der Waals surface area contributed by atoms with Gasteiger partial charge >= 0.3 is 0 Å². The monoisotopic (exact) mass is 307 g/mol. The molecule has 0 radical (unpaired) electrons. The molecule has 2 rings (SSSR count). The summed E-state index contributed by atoms with van der Waals surface area (Å²) in [6, 6.07) is 3.86. The number of thiazole rings is 1. The largest absolute Gasteiger partial charge is 0.305 e. The first-order chi connectivity index (χ1) is 9.63. The second-order valence-electron chi connectivity index (χ2n) is 4.35. The van der Waals surface area contributed by atoms with E-state index in [2.05, 4.69) is 9.97 Å². The molecule has 0 fully saturated rings. The number of anilines is 1. The number of aromatic nitrogens is 2. The Balaban J connectivity index is 2.21. The second-order valence-corrected chi connectivity index (χ2v) is 6.31. The SMILES string of the molecule is CSCCC(=O)N(C)c1sc(-c2cccnc2)nc1C. The molecule has 0 unspecified atom stereocenters. The maximum atomic E-state index is 12.1. The molecule has 1 amide bonds. The molecule has 0 N–H and O–H groups in total. The van der Waals surface area contributed by atoms with E-state index in [1.807, 2.05) is 32.4 Å². The summed E-state index contributed by atoms with van der Waals surface area (Å²) < 4.78 is 0. The van der Waals surface area contributed by atoms with E-state index in [0.717, 1.165) is 27.0 Å². The number of thioether (sulfide) groups is 1. The van der Waals surface area contributed by atoms with Gasteiger partial charge in [-0.05, 0) is 25.3 Å². The van der Waals surface area contributed by atoms with Crippen LogP contribution in [0, 0.1) is 6.92 Å². The van der Waals surface area contributed by atoms with Gasteiger partial charge in [-0.25, -0.2) is 4.98 Å². The maximum Gasteiger partial charge on any atom is 0.228 e. The molecule has 20 heavy (non-hydrogen) atoms. The highest BCUT2D eigenvalue weighted by Crippen LogP contribution is 2.33. The van der Waals surface area contributed by atoms with E-state index in [1.54, 1.807) is 29.1 Å². The normalized spacial score (nSPS) is 10.6. The molecular formula is C14H17N3OS2. The van der Waals surface area contributed by atoms with Crippen LogP contribution < -0.4 is 4.90 Å². The summed E-state index contributed by atoms with van der Waals surface area (Å²) >= 11 is 3.21. The van der Waals surface area contributed by atoms with E-state index in [0.29, 0.717) is 6.42 Å². The van der Waals surface area contributed by atoms with Crippen molar-refractivity contribution < 1.29 is 4.79 Å². The molecule has 0 saturated carbocycles. The van der Waals surface area contributed by atoms with Gasteiger partial charge in [0.15, 0.2) is 0 Å². The van der Waals surface area contributed by atoms with E-state index < -0.39 is 0 Å². The van der Waals surface area contributed by atoms with Gasteiger partial charge in [0, 0.05) is 37.2 Å². The first-order valence-electron chi connectivity index (χ1n) is 6.26. The number of rotatable bonds is 5. The molecule has 0 aromatic carbocycles. The molecule has 0 aliphatic rings. The predicted octanol–water partition coefficient (Wildman–Crippen LogP) is 3.23. The van der Waals surface area contributed by atoms with E-state index in [4.69, 9.17) is 0 Å². The Morgan fingerprint density at radius 1 is 1.50 bits per heavy atom. The lowest BCUT2D eigenvalue weighted by molar-refractivity contribution is -0.117. The average molecular weight is 307 g/mol. The molecule has 0 aliphatic heterocycles. The molecule has 6 heteroatoms. The smallest absolute Gasteiger partial charge is 0.228 e. The van der Waals surface area contributed by atoms with Crippen molar-refractivity contribution in [2.24, 2.45) is 0 Å². The molecular weight excluding hydrogens is 290 g/mol. The standard InChI is InChI=1S/C14H17N3OS2/c1-10-14(17(2)12(18)6-8-19-3)20-13(16-10)11-5-4-7-15-9-11/h4-5,7,9H,6,8H2,1-3H3. The van der Waals surface area contributed by atoms with Crippen LogP contribution in [0.15, 0.2) is 24.5 Å². The van der Waals surface area contributed by atoms with E-state index in [9.17, 15) is 4.79 Å². The summed E-state index contributed by atoms with van der Waals surface area (Å²) in [6.45, 7) is 1.93. The number of hydrogen-bond donors (Lipinski definition) is 0. The van der Waals surface area contributed by atoms with Crippen molar-refractivity contribution in [1.82, 2.24) is 9.97 Å². The molecule has 2 aromatic rings. The van der Waals surface area contributed by atoms with Crippen molar-refractivity contribution in [2.45, 2.75) is 13.3 Å². The highest BCUT2D eigenvalue weighted by Gasteiger charge is 2.17. The van der Waals surface area contributed by atoms with Gasteiger partial charge in [-0.1, -0.05) is 11.3 Å². The fourth-order valence-electron chi connectivity index (χ4n) is 1.78. The lowest BCUT2D eigenvalue weighted by atomic mass is 10.3. The van der Waals surface area contributed by atoms with Crippen LogP contribution in [-0.4, -0.2) is 34.9 Å². The number of nitrogens with zero attached hydrogens (tertiary/aromatic N) is 3. The third-order valence-corrected chi connectivity index (χ3v) is 4.77. The van der Waals surface area contributed by atoms with Crippen molar-refractivity contribution in [3.05, 3.63) is 30.2 Å². The predicted molar refractivity (Wildman–Crippen MR) is 86.5 cm³/mol. The van der Waals surface area contributed by atoms with Gasteiger partial charge < -0.3 is 4.90 Å². The van der Waals surface area contributed by atoms with Gasteiger partial charge in [-0.15, -0.1) is 0 Å². The average Bonchev–Trinajstić information content (AvgIpc) is 2.87. The Morgan fingerprint density at radius 2 is 2.30 bits per heavy atom. The molecule has 0 saturated heterocycles. The Bertz CT molecular complexity index is 583. The molecule has 2 aromatic heterocycles. The first kappa shape index (κ1) is 15.0. The summed E-state index contributed by atoms with van der Waals surface area (Å²) in [7, 11) is 1.82. The second kappa shape index (κ2) is 6.85. The first-order valence-corrected chi connectivity index (χ1v) is 8.48. The van der Waals surface area contributed by atoms with Crippen LogP contribution in [-0.2, 0) is 4.79 Å². The third kappa shape index (κ3) is 3.37. The van der Waals surface area contributed by atoms with Gasteiger partial charge in [0.1, 0.15) is 10.0 Å². The van der Waals surface area contributed by atoms with Crippen LogP contribution in [0.4, 0.5) is 5.00 Å². The van der Waals surface area contributed by atoms with Crippen LogP contribution in [0.1, 0.15) is 12.1 Å². The Hall–Kier alpha value is -1.40. The minimum Gasteiger partial charge on any atom is -0.305 e. The number of carbonyl (C=O) groups is 1. The number of aryl methyl sites for hydroxylation is 1. The van der Waals surface area contributed by atoms with E-state index in [1.165, 1.54) is 11.3 Å². The zero-order valence-corrected chi connectivity index (χ0v) is 13.4. The quantitative estimate of drug-likeness (QED) is 0.851. The topological polar surface area (TPSA) is 46.1 Å². The van der Waals surface area contributed by atoms with Gasteiger partial charge in [-0.2, -0.15) is 11.8 Å². The zero-order valence-electron chi connectivity index (χ0n) is 11.8. The van der Waals surface area contributed by atoms with Crippen LogP contribution in [0.3, 0.4) is 0 Å². The Kier molecular flexibility index (Phi) is 5.14. The Labute approximate surface area is 127 Å². The van der Waals surface area contributed by atoms with Crippen molar-refractivity contribution in [1.29, 1.82) is 0 Å². The summed E-state index contributed by atoms with van der Waals surface area (Å²) in [6.07, 6.45) is 6.09. The van der Waals surface area contributed by atoms with Gasteiger partial charge in [0.05, 0.1) is 5.69 Å². The number of hydrogen-bond acceptors (Lipinski definition) is 5. The fraction of sp³-hybridized carbons (Fsp3) is 0.357. The molecule has 2 heterocycles. The van der Waals surface area contributed by atoms with Crippen molar-refractivity contribution in [3.63, 3.8) is 0 Å². The van der Waals surface area contributed by atoms with Gasteiger partial charge in [0.2, 0.25) is 5.91 Å². The molecule has 0 spiro atoms. The summed E-state index contributed by atoms with van der Waals surface area (Å²) in [4.78, 5) is 22.4. The number of amides is 1. The van der Waals surface area contributed by atoms with Crippen LogP contribution in [0.5, 0.6) is 0 Å². The fourth-order valence-corrected chi connectivity index (χ4v) is 3.20. The van der Waals surface area contributed by atoms with E-state index in [-0.39, 0.29) is 5.91 Å². The third-order valence-electron chi connectivity index (χ3n) is 2.88. The number of carbonyl (C=O) groups excluding carboxylic acids is 1. The van der Waals surface area contributed by atoms with Crippen molar-refractivity contribution in [2.75, 3.05) is 24.0 Å². The van der Waals surface area contributed by atoms with Crippen LogP contribution >= 0.6 is 23.1 Å². The van der Waals surface area contributed by atoms with Crippen LogP contribution in [0.25, 0.3) is 10.6 Å². The highest BCUT2D eigenvalue weighted by atomic mass is 32.2. The lowest BCUT2D eigenvalue weighted by Crippen LogP contribution is -2.26. The molecule has 4 nitrogen and oxygen atoms in total. The van der Waals surface area contributed by atoms with Crippen LogP contribution in [0.2, 0.25) is 0 Å². The van der Waals surface area contributed by atoms with Crippen molar-refractivity contribution in [3.8, 4) is 10.6 Å². The summed E-state index contributed by atoms with van der Waals surface area (Å²) in [5, 5.41) is 1.81. The van der Waals surface area contributed by atoms with Crippen molar-refractivity contribution >= 4 is 34.0 Å². The molecule has 0 bridgehead atoms. The lowest BCUT2D eigenvalue weighted by Gasteiger charge is -2.15. The minimum absolute atomic E-state index is 0.129. The Morgan fingerprint density at radius 3 is 2.95 bits per heavy atom. The minimum atomic E-state index is 0.129. The highest BCUT2D eigenvalue weighted by molar-refractivity contribution is 7.98. The zero-order chi connectivity index (χ0) is 14.5.